The monoisotopic (exact) mass is 278 g/mol. The van der Waals surface area contributed by atoms with Gasteiger partial charge in [-0.1, -0.05) is 6.42 Å². The second-order valence-corrected chi connectivity index (χ2v) is 5.76. The number of nitrogens with two attached hydrogens (primary N) is 1. The lowest BCUT2D eigenvalue weighted by Gasteiger charge is -2.41. The van der Waals surface area contributed by atoms with E-state index in [0.717, 1.165) is 36.6 Å². The molecule has 0 amide bonds. The van der Waals surface area contributed by atoms with Crippen LogP contribution in [0.4, 0.5) is 0 Å². The van der Waals surface area contributed by atoms with Crippen molar-refractivity contribution in [3.63, 3.8) is 0 Å². The Balaban J connectivity index is 2.18. The highest BCUT2D eigenvalue weighted by Crippen LogP contribution is 2.29. The first-order valence-corrected chi connectivity index (χ1v) is 7.31. The smallest absolute Gasteiger partial charge is 0.122 e. The molecule has 1 aromatic carbocycles. The molecule has 0 radical (unpaired) electrons. The van der Waals surface area contributed by atoms with E-state index in [1.807, 2.05) is 18.2 Å². The van der Waals surface area contributed by atoms with Gasteiger partial charge < -0.3 is 15.2 Å². The molecule has 2 N–H and O–H groups in total. The van der Waals surface area contributed by atoms with Crippen LogP contribution < -0.4 is 15.2 Å². The number of rotatable bonds is 5. The minimum absolute atomic E-state index is 0.347. The molecule has 4 nitrogen and oxygen atoms in total. The zero-order chi connectivity index (χ0) is 14.6. The largest absolute Gasteiger partial charge is 0.497 e. The molecule has 1 heterocycles. The topological polar surface area (TPSA) is 47.7 Å². The molecule has 1 atom stereocenters. The molecule has 4 heteroatoms. The molecular weight excluding hydrogens is 252 g/mol. The van der Waals surface area contributed by atoms with Crippen LogP contribution in [0.2, 0.25) is 0 Å². The lowest BCUT2D eigenvalue weighted by Crippen LogP contribution is -2.56. The summed E-state index contributed by atoms with van der Waals surface area (Å²) in [7, 11) is 3.37. The van der Waals surface area contributed by atoms with Crippen molar-refractivity contribution >= 4 is 0 Å². The Bertz CT molecular complexity index is 440. The van der Waals surface area contributed by atoms with Gasteiger partial charge >= 0.3 is 0 Å². The van der Waals surface area contributed by atoms with Gasteiger partial charge in [0.05, 0.1) is 19.9 Å². The van der Waals surface area contributed by atoms with E-state index < -0.39 is 0 Å². The molecular formula is C16H26N2O2. The predicted molar refractivity (Wildman–Crippen MR) is 81.3 cm³/mol. The molecule has 1 unspecified atom stereocenters. The van der Waals surface area contributed by atoms with Crippen molar-refractivity contribution in [1.29, 1.82) is 0 Å². The second kappa shape index (κ2) is 6.46. The lowest BCUT2D eigenvalue weighted by atomic mass is 9.97. The van der Waals surface area contributed by atoms with Crippen molar-refractivity contribution in [2.75, 3.05) is 27.3 Å². The van der Waals surface area contributed by atoms with Crippen LogP contribution in [0.5, 0.6) is 11.5 Å². The molecule has 1 aliphatic heterocycles. The minimum atomic E-state index is -0.347. The first kappa shape index (κ1) is 15.1. The van der Waals surface area contributed by atoms with Crippen molar-refractivity contribution in [3.8, 4) is 11.5 Å². The summed E-state index contributed by atoms with van der Waals surface area (Å²) in [6.07, 6.45) is 4.55. The highest BCUT2D eigenvalue weighted by atomic mass is 16.5. The van der Waals surface area contributed by atoms with E-state index in [0.29, 0.717) is 0 Å². The summed E-state index contributed by atoms with van der Waals surface area (Å²) in [5.74, 6) is 1.72. The zero-order valence-electron chi connectivity index (χ0n) is 12.8. The van der Waals surface area contributed by atoms with Gasteiger partial charge in [-0.3, -0.25) is 4.90 Å². The molecule has 0 aromatic heterocycles. The molecule has 112 valence electrons. The minimum Gasteiger partial charge on any atom is -0.497 e. The molecule has 1 aliphatic rings. The van der Waals surface area contributed by atoms with E-state index in [9.17, 15) is 0 Å². The Labute approximate surface area is 121 Å². The maximum absolute atomic E-state index is 6.57. The zero-order valence-corrected chi connectivity index (χ0v) is 12.8. The van der Waals surface area contributed by atoms with Crippen LogP contribution in [-0.4, -0.2) is 37.9 Å². The number of hydrogen-bond acceptors (Lipinski definition) is 4. The average molecular weight is 278 g/mol. The molecule has 0 bridgehead atoms. The molecule has 1 aromatic rings. The third-order valence-electron chi connectivity index (χ3n) is 4.11. The van der Waals surface area contributed by atoms with Crippen LogP contribution in [0.3, 0.4) is 0 Å². The van der Waals surface area contributed by atoms with Gasteiger partial charge in [0.1, 0.15) is 11.5 Å². The predicted octanol–water partition coefficient (Wildman–Crippen LogP) is 2.41. The number of ether oxygens (including phenoxy) is 2. The highest BCUT2D eigenvalue weighted by molar-refractivity contribution is 5.41. The summed E-state index contributed by atoms with van der Waals surface area (Å²) in [6, 6.07) is 5.88. The van der Waals surface area contributed by atoms with E-state index in [-0.39, 0.29) is 5.66 Å². The van der Waals surface area contributed by atoms with Crippen molar-refractivity contribution in [2.45, 2.75) is 38.3 Å². The van der Waals surface area contributed by atoms with Crippen molar-refractivity contribution < 1.29 is 9.47 Å². The van der Waals surface area contributed by atoms with Gasteiger partial charge in [0, 0.05) is 12.0 Å². The summed E-state index contributed by atoms with van der Waals surface area (Å²) in [5, 5.41) is 0. The van der Waals surface area contributed by atoms with Crippen molar-refractivity contribution in [1.82, 2.24) is 4.90 Å². The summed E-state index contributed by atoms with van der Waals surface area (Å²) < 4.78 is 10.8. The van der Waals surface area contributed by atoms with E-state index in [2.05, 4.69) is 11.8 Å². The van der Waals surface area contributed by atoms with Crippen LogP contribution in [0.15, 0.2) is 18.2 Å². The molecule has 1 fully saturated rings. The summed E-state index contributed by atoms with van der Waals surface area (Å²) in [5.41, 5.74) is 7.32. The Morgan fingerprint density at radius 2 is 1.85 bits per heavy atom. The van der Waals surface area contributed by atoms with Crippen LogP contribution in [0.1, 0.15) is 31.7 Å². The number of piperidine rings is 1. The second-order valence-electron chi connectivity index (χ2n) is 5.76. The molecule has 2 rings (SSSR count). The van der Waals surface area contributed by atoms with E-state index >= 15 is 0 Å². The van der Waals surface area contributed by atoms with E-state index in [4.69, 9.17) is 15.2 Å². The molecule has 0 spiro atoms. The van der Waals surface area contributed by atoms with Crippen LogP contribution >= 0.6 is 0 Å². The number of likely N-dealkylation sites (tertiary alicyclic amines) is 1. The van der Waals surface area contributed by atoms with Crippen LogP contribution in [0, 0.1) is 0 Å². The van der Waals surface area contributed by atoms with Gasteiger partial charge in [-0.05, 0) is 51.1 Å². The van der Waals surface area contributed by atoms with Gasteiger partial charge in [-0.15, -0.1) is 0 Å². The molecule has 1 saturated heterocycles. The average Bonchev–Trinajstić information content (AvgIpc) is 2.47. The fourth-order valence-electron chi connectivity index (χ4n) is 2.92. The standard InChI is InChI=1S/C16H26N2O2/c1-16(17,18-9-5-4-6-10-18)12-13-11-14(19-2)7-8-15(13)20-3/h7-8,11H,4-6,9-10,12,17H2,1-3H3. The Kier molecular flexibility index (Phi) is 4.89. The van der Waals surface area contributed by atoms with Gasteiger partial charge in [-0.25, -0.2) is 0 Å². The number of nitrogens with zero attached hydrogens (tertiary/aromatic N) is 1. The van der Waals surface area contributed by atoms with Gasteiger partial charge in [0.25, 0.3) is 0 Å². The third-order valence-corrected chi connectivity index (χ3v) is 4.11. The number of benzene rings is 1. The Morgan fingerprint density at radius 1 is 1.15 bits per heavy atom. The van der Waals surface area contributed by atoms with Crippen molar-refractivity contribution in [2.24, 2.45) is 5.73 Å². The fraction of sp³-hybridized carbons (Fsp3) is 0.625. The Hall–Kier alpha value is -1.26. The van der Waals surface area contributed by atoms with Gasteiger partial charge in [0.15, 0.2) is 0 Å². The summed E-state index contributed by atoms with van der Waals surface area (Å²) in [6.45, 7) is 4.27. The first-order valence-electron chi connectivity index (χ1n) is 7.31. The third kappa shape index (κ3) is 3.44. The molecule has 20 heavy (non-hydrogen) atoms. The van der Waals surface area contributed by atoms with Gasteiger partial charge in [-0.2, -0.15) is 0 Å². The maximum Gasteiger partial charge on any atom is 0.122 e. The normalized spacial score (nSPS) is 19.4. The fourth-order valence-corrected chi connectivity index (χ4v) is 2.92. The first-order chi connectivity index (χ1) is 9.56. The Morgan fingerprint density at radius 3 is 2.45 bits per heavy atom. The lowest BCUT2D eigenvalue weighted by molar-refractivity contribution is 0.0850. The maximum atomic E-state index is 6.57. The van der Waals surface area contributed by atoms with E-state index in [1.54, 1.807) is 14.2 Å². The van der Waals surface area contributed by atoms with Crippen molar-refractivity contribution in [3.05, 3.63) is 23.8 Å². The van der Waals surface area contributed by atoms with Crippen LogP contribution in [-0.2, 0) is 6.42 Å². The number of hydrogen-bond donors (Lipinski definition) is 1. The molecule has 0 saturated carbocycles. The quantitative estimate of drug-likeness (QED) is 0.898. The van der Waals surface area contributed by atoms with E-state index in [1.165, 1.54) is 19.3 Å². The van der Waals surface area contributed by atoms with Gasteiger partial charge in [0.2, 0.25) is 0 Å². The summed E-state index contributed by atoms with van der Waals surface area (Å²) in [4.78, 5) is 2.38. The molecule has 0 aliphatic carbocycles. The SMILES string of the molecule is COc1ccc(OC)c(CC(C)(N)N2CCCCC2)c1. The number of methoxy groups -OCH3 is 2. The highest BCUT2D eigenvalue weighted by Gasteiger charge is 2.29. The summed E-state index contributed by atoms with van der Waals surface area (Å²) >= 11 is 0. The van der Waals surface area contributed by atoms with Crippen LogP contribution in [0.25, 0.3) is 0 Å².